The van der Waals surface area contributed by atoms with Gasteiger partial charge in [-0.1, -0.05) is 11.6 Å². The number of halogens is 1. The molecule has 1 heterocycles. The zero-order chi connectivity index (χ0) is 5.98. The summed E-state index contributed by atoms with van der Waals surface area (Å²) >= 11 is 5.47. The monoisotopic (exact) mass is 130 g/mol. The van der Waals surface area contributed by atoms with E-state index in [2.05, 4.69) is 4.98 Å². The summed E-state index contributed by atoms with van der Waals surface area (Å²) in [6.45, 7) is 0. The second kappa shape index (κ2) is 2.01. The van der Waals surface area contributed by atoms with Gasteiger partial charge in [-0.3, -0.25) is 0 Å². The predicted octanol–water partition coefficient (Wildman–Crippen LogP) is 1.17. The third-order valence-corrected chi connectivity index (χ3v) is 0.951. The lowest BCUT2D eigenvalue weighted by Crippen LogP contribution is -1.69. The molecule has 42 valence electrons. The van der Waals surface area contributed by atoms with Crippen molar-refractivity contribution in [2.75, 3.05) is 0 Å². The summed E-state index contributed by atoms with van der Waals surface area (Å²) in [6, 6.07) is 3.18. The van der Waals surface area contributed by atoms with E-state index in [1.54, 1.807) is 12.1 Å². The minimum atomic E-state index is 0.245. The van der Waals surface area contributed by atoms with Gasteiger partial charge in [-0.25, -0.2) is 0 Å². The molecule has 0 amide bonds. The number of hydrogen-bond donors (Lipinski definition) is 0. The van der Waals surface area contributed by atoms with Gasteiger partial charge in [-0.15, -0.1) is 0 Å². The largest absolute Gasteiger partial charge is 0.579 e. The van der Waals surface area contributed by atoms with Gasteiger partial charge in [-0.2, -0.15) is 4.98 Å². The summed E-state index contributed by atoms with van der Waals surface area (Å²) in [4.78, 5) is 3.61. The van der Waals surface area contributed by atoms with Crippen LogP contribution >= 0.6 is 11.6 Å². The average Bonchev–Trinajstić information content (AvgIpc) is 1.77. The zero-order valence-electron chi connectivity index (χ0n) is 4.06. The molecule has 0 bridgehead atoms. The molecular formula is C5H5ClNO+. The molecule has 0 atom stereocenters. The lowest BCUT2D eigenvalue weighted by atomic mass is 10.5. The fourth-order valence-corrected chi connectivity index (χ4v) is 0.488. The SMILES string of the molecule is [OH2+]c1ccc(Cl)cn1. The average molecular weight is 131 g/mol. The highest BCUT2D eigenvalue weighted by Gasteiger charge is 1.90. The smallest absolute Gasteiger partial charge is 0.356 e. The van der Waals surface area contributed by atoms with Gasteiger partial charge < -0.3 is 5.11 Å². The molecule has 0 aliphatic heterocycles. The summed E-state index contributed by atoms with van der Waals surface area (Å²) in [5.41, 5.74) is 0. The van der Waals surface area contributed by atoms with Crippen LogP contribution in [-0.4, -0.2) is 10.1 Å². The quantitative estimate of drug-likeness (QED) is 0.486. The Morgan fingerprint density at radius 1 is 1.50 bits per heavy atom. The first-order chi connectivity index (χ1) is 3.79. The van der Waals surface area contributed by atoms with Gasteiger partial charge in [0.1, 0.15) is 0 Å². The Morgan fingerprint density at radius 2 is 2.25 bits per heavy atom. The number of pyridine rings is 1. The van der Waals surface area contributed by atoms with E-state index in [1.807, 2.05) is 0 Å². The molecule has 0 saturated heterocycles. The van der Waals surface area contributed by atoms with Crippen LogP contribution in [0, 0.1) is 0 Å². The molecule has 0 fully saturated rings. The van der Waals surface area contributed by atoms with Gasteiger partial charge >= 0.3 is 5.88 Å². The van der Waals surface area contributed by atoms with Crippen molar-refractivity contribution >= 4 is 11.6 Å². The first-order valence-electron chi connectivity index (χ1n) is 2.12. The zero-order valence-corrected chi connectivity index (χ0v) is 4.81. The van der Waals surface area contributed by atoms with Crippen LogP contribution in [0.25, 0.3) is 0 Å². The van der Waals surface area contributed by atoms with E-state index in [0.29, 0.717) is 5.02 Å². The molecule has 1 aromatic rings. The summed E-state index contributed by atoms with van der Waals surface area (Å²) in [5.74, 6) is 0.245. The summed E-state index contributed by atoms with van der Waals surface area (Å²) in [7, 11) is 0. The Labute approximate surface area is 51.7 Å². The maximum atomic E-state index is 6.92. The fourth-order valence-electron chi connectivity index (χ4n) is 0.376. The van der Waals surface area contributed by atoms with Crippen molar-refractivity contribution in [3.63, 3.8) is 0 Å². The van der Waals surface area contributed by atoms with Gasteiger partial charge in [0.05, 0.1) is 17.3 Å². The maximum Gasteiger partial charge on any atom is 0.356 e. The fraction of sp³-hybridized carbons (Fsp3) is 0. The van der Waals surface area contributed by atoms with E-state index in [4.69, 9.17) is 16.7 Å². The lowest BCUT2D eigenvalue weighted by Gasteiger charge is -1.83. The Balaban J connectivity index is 3.03. The van der Waals surface area contributed by atoms with Crippen LogP contribution in [0.3, 0.4) is 0 Å². The Morgan fingerprint density at radius 3 is 2.62 bits per heavy atom. The molecular weight excluding hydrogens is 126 g/mol. The first kappa shape index (κ1) is 5.38. The van der Waals surface area contributed by atoms with Gasteiger partial charge in [0.2, 0.25) is 0 Å². The number of rotatable bonds is 0. The highest BCUT2D eigenvalue weighted by molar-refractivity contribution is 6.30. The molecule has 8 heavy (non-hydrogen) atoms. The van der Waals surface area contributed by atoms with Crippen molar-refractivity contribution in [2.45, 2.75) is 0 Å². The molecule has 3 heteroatoms. The predicted molar refractivity (Wildman–Crippen MR) is 32.3 cm³/mol. The van der Waals surface area contributed by atoms with Crippen LogP contribution in [0.4, 0.5) is 0 Å². The van der Waals surface area contributed by atoms with Crippen LogP contribution in [0.15, 0.2) is 18.3 Å². The topological polar surface area (TPSA) is 35.8 Å². The molecule has 0 aliphatic rings. The van der Waals surface area contributed by atoms with Crippen LogP contribution in [0.5, 0.6) is 5.88 Å². The van der Waals surface area contributed by atoms with Crippen molar-refractivity contribution < 1.29 is 5.11 Å². The highest BCUT2D eigenvalue weighted by atomic mass is 35.5. The van der Waals surface area contributed by atoms with Gasteiger partial charge in [-0.05, 0) is 6.07 Å². The van der Waals surface area contributed by atoms with Crippen molar-refractivity contribution in [3.8, 4) is 5.88 Å². The van der Waals surface area contributed by atoms with E-state index in [9.17, 15) is 0 Å². The molecule has 1 rings (SSSR count). The van der Waals surface area contributed by atoms with E-state index in [1.165, 1.54) is 6.20 Å². The van der Waals surface area contributed by atoms with Crippen LogP contribution in [-0.2, 0) is 0 Å². The van der Waals surface area contributed by atoms with Crippen molar-refractivity contribution in [1.29, 1.82) is 0 Å². The number of hydrogen-bond acceptors (Lipinski definition) is 1. The summed E-state index contributed by atoms with van der Waals surface area (Å²) in [5, 5.41) is 7.49. The molecule has 2 nitrogen and oxygen atoms in total. The third kappa shape index (κ3) is 1.10. The van der Waals surface area contributed by atoms with E-state index in [-0.39, 0.29) is 5.88 Å². The molecule has 0 unspecified atom stereocenters. The standard InChI is InChI=1S/C5H4ClNO/c6-4-1-2-5(8)7-3-4/h1-3H,(H,7,8)/p+1. The lowest BCUT2D eigenvalue weighted by molar-refractivity contribution is 0.453. The van der Waals surface area contributed by atoms with Crippen LogP contribution < -0.4 is 0 Å². The second-order valence-electron chi connectivity index (χ2n) is 1.36. The molecule has 1 aromatic heterocycles. The van der Waals surface area contributed by atoms with Crippen LogP contribution in [0.2, 0.25) is 5.02 Å². The molecule has 0 aliphatic carbocycles. The summed E-state index contributed by atoms with van der Waals surface area (Å²) in [6.07, 6.45) is 1.45. The first-order valence-corrected chi connectivity index (χ1v) is 2.50. The van der Waals surface area contributed by atoms with Gasteiger partial charge in [0.15, 0.2) is 0 Å². The van der Waals surface area contributed by atoms with Crippen LogP contribution in [0.1, 0.15) is 0 Å². The minimum Gasteiger partial charge on any atom is -0.579 e. The Kier molecular flexibility index (Phi) is 1.35. The van der Waals surface area contributed by atoms with Gasteiger partial charge in [0, 0.05) is 0 Å². The normalized spacial score (nSPS) is 9.12. The number of aromatic nitrogens is 1. The molecule has 0 saturated carbocycles. The Hall–Kier alpha value is -0.760. The van der Waals surface area contributed by atoms with Crippen molar-refractivity contribution in [2.24, 2.45) is 0 Å². The molecule has 0 aromatic carbocycles. The van der Waals surface area contributed by atoms with Crippen molar-refractivity contribution in [1.82, 2.24) is 4.98 Å². The highest BCUT2D eigenvalue weighted by Crippen LogP contribution is 2.08. The molecule has 2 N–H and O–H groups in total. The molecule has 0 radical (unpaired) electrons. The third-order valence-electron chi connectivity index (χ3n) is 0.727. The van der Waals surface area contributed by atoms with E-state index < -0.39 is 0 Å². The van der Waals surface area contributed by atoms with E-state index in [0.717, 1.165) is 0 Å². The van der Waals surface area contributed by atoms with Crippen molar-refractivity contribution in [3.05, 3.63) is 23.4 Å². The Bertz CT molecular complexity index is 151. The summed E-state index contributed by atoms with van der Waals surface area (Å²) < 4.78 is 0. The molecule has 0 spiro atoms. The minimum absolute atomic E-state index is 0.245. The number of nitrogens with zero attached hydrogens (tertiary/aromatic N) is 1. The van der Waals surface area contributed by atoms with E-state index >= 15 is 0 Å². The second-order valence-corrected chi connectivity index (χ2v) is 1.80. The van der Waals surface area contributed by atoms with Gasteiger partial charge in [0.25, 0.3) is 0 Å². The maximum absolute atomic E-state index is 6.92.